The average molecular weight is 232 g/mol. The van der Waals surface area contributed by atoms with Crippen molar-refractivity contribution in [3.63, 3.8) is 0 Å². The van der Waals surface area contributed by atoms with Crippen LogP contribution in [-0.4, -0.2) is 24.1 Å². The van der Waals surface area contributed by atoms with Gasteiger partial charge in [-0.3, -0.25) is 0 Å². The summed E-state index contributed by atoms with van der Waals surface area (Å²) in [4.78, 5) is 2.36. The Morgan fingerprint density at radius 3 is 3.00 bits per heavy atom. The summed E-state index contributed by atoms with van der Waals surface area (Å²) >= 11 is 1.99. The molecule has 16 heavy (non-hydrogen) atoms. The van der Waals surface area contributed by atoms with Crippen LogP contribution in [0, 0.1) is 18.3 Å². The van der Waals surface area contributed by atoms with E-state index in [2.05, 4.69) is 30.9 Å². The van der Waals surface area contributed by atoms with Gasteiger partial charge in [-0.05, 0) is 31.5 Å². The highest BCUT2D eigenvalue weighted by atomic mass is 32.2. The van der Waals surface area contributed by atoms with Gasteiger partial charge in [-0.15, -0.1) is 0 Å². The van der Waals surface area contributed by atoms with Crippen LogP contribution in [0.3, 0.4) is 0 Å². The lowest BCUT2D eigenvalue weighted by molar-refractivity contribution is 0.699. The van der Waals surface area contributed by atoms with Crippen LogP contribution < -0.4 is 4.90 Å². The van der Waals surface area contributed by atoms with Crippen molar-refractivity contribution in [2.75, 3.05) is 23.0 Å². The first kappa shape index (κ1) is 11.3. The number of nitriles is 1. The topological polar surface area (TPSA) is 27.0 Å². The Kier molecular flexibility index (Phi) is 3.40. The molecule has 1 unspecified atom stereocenters. The van der Waals surface area contributed by atoms with Gasteiger partial charge in [-0.1, -0.05) is 6.07 Å². The van der Waals surface area contributed by atoms with Crippen LogP contribution in [0.25, 0.3) is 0 Å². The second-order valence-corrected chi connectivity index (χ2v) is 5.40. The number of hydrogen-bond donors (Lipinski definition) is 0. The highest BCUT2D eigenvalue weighted by Gasteiger charge is 2.21. The molecule has 1 heterocycles. The van der Waals surface area contributed by atoms with Gasteiger partial charge < -0.3 is 4.90 Å². The molecule has 0 N–H and O–H groups in total. The molecule has 1 aromatic rings. The number of benzene rings is 1. The molecule has 1 fully saturated rings. The minimum Gasteiger partial charge on any atom is -0.366 e. The van der Waals surface area contributed by atoms with Crippen LogP contribution in [0.15, 0.2) is 18.2 Å². The molecule has 1 aromatic carbocycles. The Hall–Kier alpha value is -1.14. The predicted molar refractivity (Wildman–Crippen MR) is 70.0 cm³/mol. The fourth-order valence-electron chi connectivity index (χ4n) is 2.06. The molecule has 1 atom stereocenters. The molecule has 2 rings (SSSR count). The zero-order valence-corrected chi connectivity index (χ0v) is 10.5. The summed E-state index contributed by atoms with van der Waals surface area (Å²) in [6.07, 6.45) is 0. The minimum atomic E-state index is 0.521. The Balaban J connectivity index is 2.38. The van der Waals surface area contributed by atoms with Gasteiger partial charge in [0.1, 0.15) is 6.07 Å². The summed E-state index contributed by atoms with van der Waals surface area (Å²) in [5.41, 5.74) is 3.12. The third kappa shape index (κ3) is 2.17. The van der Waals surface area contributed by atoms with Gasteiger partial charge in [-0.2, -0.15) is 17.0 Å². The van der Waals surface area contributed by atoms with E-state index in [0.717, 1.165) is 29.3 Å². The minimum absolute atomic E-state index is 0.521. The molecule has 0 spiro atoms. The summed E-state index contributed by atoms with van der Waals surface area (Å²) in [6, 6.07) is 8.88. The number of hydrogen-bond acceptors (Lipinski definition) is 3. The molecule has 0 radical (unpaired) electrons. The van der Waals surface area contributed by atoms with E-state index < -0.39 is 0 Å². The lowest BCUT2D eigenvalue weighted by Crippen LogP contribution is -2.40. The van der Waals surface area contributed by atoms with Crippen molar-refractivity contribution in [1.29, 1.82) is 5.26 Å². The van der Waals surface area contributed by atoms with Crippen molar-refractivity contribution < 1.29 is 0 Å². The highest BCUT2D eigenvalue weighted by Crippen LogP contribution is 2.27. The van der Waals surface area contributed by atoms with Gasteiger partial charge in [0.05, 0.1) is 11.3 Å². The molecule has 0 bridgehead atoms. The van der Waals surface area contributed by atoms with E-state index in [0.29, 0.717) is 6.04 Å². The average Bonchev–Trinajstić information content (AvgIpc) is 2.29. The van der Waals surface area contributed by atoms with E-state index in [1.807, 2.05) is 23.9 Å². The highest BCUT2D eigenvalue weighted by molar-refractivity contribution is 7.99. The van der Waals surface area contributed by atoms with E-state index in [4.69, 9.17) is 5.26 Å². The molecular formula is C13H16N2S. The summed E-state index contributed by atoms with van der Waals surface area (Å²) < 4.78 is 0. The molecule has 0 saturated carbocycles. The lowest BCUT2D eigenvalue weighted by atomic mass is 10.1. The van der Waals surface area contributed by atoms with E-state index in [1.165, 1.54) is 5.56 Å². The summed E-state index contributed by atoms with van der Waals surface area (Å²) in [7, 11) is 0. The van der Waals surface area contributed by atoms with E-state index in [9.17, 15) is 0 Å². The smallest absolute Gasteiger partial charge is 0.101 e. The van der Waals surface area contributed by atoms with Crippen LogP contribution in [0.5, 0.6) is 0 Å². The molecule has 1 saturated heterocycles. The molecule has 1 aliphatic rings. The number of rotatable bonds is 1. The molecule has 0 aromatic heterocycles. The Labute approximate surface area is 101 Å². The Morgan fingerprint density at radius 1 is 1.50 bits per heavy atom. The molecule has 2 nitrogen and oxygen atoms in total. The predicted octanol–water partition coefficient (Wildman–Crippen LogP) is 2.81. The quantitative estimate of drug-likeness (QED) is 0.745. The first-order valence-corrected chi connectivity index (χ1v) is 6.73. The van der Waals surface area contributed by atoms with E-state index >= 15 is 0 Å². The normalized spacial score (nSPS) is 20.6. The monoisotopic (exact) mass is 232 g/mol. The maximum atomic E-state index is 9.14. The van der Waals surface area contributed by atoms with E-state index in [-0.39, 0.29) is 0 Å². The van der Waals surface area contributed by atoms with E-state index in [1.54, 1.807) is 0 Å². The van der Waals surface area contributed by atoms with Crippen molar-refractivity contribution in [1.82, 2.24) is 0 Å². The van der Waals surface area contributed by atoms with Crippen molar-refractivity contribution in [3.05, 3.63) is 29.3 Å². The van der Waals surface area contributed by atoms with Crippen LogP contribution in [0.4, 0.5) is 5.69 Å². The van der Waals surface area contributed by atoms with Crippen LogP contribution >= 0.6 is 11.8 Å². The largest absolute Gasteiger partial charge is 0.366 e. The standard InChI is InChI=1S/C13H16N2S/c1-10-3-4-12(8-14)13(7-10)15-5-6-16-9-11(15)2/h3-4,7,11H,5-6,9H2,1-2H3. The van der Waals surface area contributed by atoms with Crippen LogP contribution in [0.2, 0.25) is 0 Å². The summed E-state index contributed by atoms with van der Waals surface area (Å²) in [5.74, 6) is 2.31. The van der Waals surface area contributed by atoms with Gasteiger partial charge in [0.25, 0.3) is 0 Å². The molecule has 84 valence electrons. The molecule has 0 aliphatic carbocycles. The molecule has 0 amide bonds. The fraction of sp³-hybridized carbons (Fsp3) is 0.462. The van der Waals surface area contributed by atoms with Gasteiger partial charge >= 0.3 is 0 Å². The van der Waals surface area contributed by atoms with Gasteiger partial charge in [0, 0.05) is 24.1 Å². The summed E-state index contributed by atoms with van der Waals surface area (Å²) in [6.45, 7) is 5.35. The van der Waals surface area contributed by atoms with Crippen molar-refractivity contribution in [3.8, 4) is 6.07 Å². The van der Waals surface area contributed by atoms with Crippen molar-refractivity contribution in [2.24, 2.45) is 0 Å². The zero-order valence-electron chi connectivity index (χ0n) is 9.73. The van der Waals surface area contributed by atoms with Gasteiger partial charge in [0.15, 0.2) is 0 Å². The Bertz CT molecular complexity index is 422. The van der Waals surface area contributed by atoms with Crippen LogP contribution in [0.1, 0.15) is 18.1 Å². The van der Waals surface area contributed by atoms with Gasteiger partial charge in [-0.25, -0.2) is 0 Å². The third-order valence-corrected chi connectivity index (χ3v) is 4.14. The second-order valence-electron chi connectivity index (χ2n) is 4.25. The number of anilines is 1. The van der Waals surface area contributed by atoms with Crippen molar-refractivity contribution >= 4 is 17.4 Å². The lowest BCUT2D eigenvalue weighted by Gasteiger charge is -2.35. The molecular weight excluding hydrogens is 216 g/mol. The molecule has 1 aliphatic heterocycles. The van der Waals surface area contributed by atoms with Gasteiger partial charge in [0.2, 0.25) is 0 Å². The number of aryl methyl sites for hydroxylation is 1. The maximum Gasteiger partial charge on any atom is 0.101 e. The summed E-state index contributed by atoms with van der Waals surface area (Å²) in [5, 5.41) is 9.14. The first-order valence-electron chi connectivity index (χ1n) is 5.57. The number of nitrogens with zero attached hydrogens (tertiary/aromatic N) is 2. The van der Waals surface area contributed by atoms with Crippen LogP contribution in [-0.2, 0) is 0 Å². The molecule has 3 heteroatoms. The maximum absolute atomic E-state index is 9.14. The third-order valence-electron chi connectivity index (χ3n) is 2.95. The first-order chi connectivity index (χ1) is 7.72. The SMILES string of the molecule is Cc1ccc(C#N)c(N2CCSCC2C)c1. The zero-order chi connectivity index (χ0) is 11.5. The fourth-order valence-corrected chi connectivity index (χ4v) is 3.07. The number of thioether (sulfide) groups is 1. The van der Waals surface area contributed by atoms with Crippen molar-refractivity contribution in [2.45, 2.75) is 19.9 Å². The Morgan fingerprint density at radius 2 is 2.31 bits per heavy atom. The second kappa shape index (κ2) is 4.80.